The zero-order valence-electron chi connectivity index (χ0n) is 7.94. The van der Waals surface area contributed by atoms with Crippen LogP contribution >= 0.6 is 11.5 Å². The van der Waals surface area contributed by atoms with Crippen molar-refractivity contribution >= 4 is 11.5 Å². The van der Waals surface area contributed by atoms with Gasteiger partial charge in [0.1, 0.15) is 10.6 Å². The van der Waals surface area contributed by atoms with E-state index in [9.17, 15) is 0 Å². The van der Waals surface area contributed by atoms with E-state index >= 15 is 0 Å². The molecule has 1 N–H and O–H groups in total. The van der Waals surface area contributed by atoms with Gasteiger partial charge in [0.05, 0.1) is 18.4 Å². The van der Waals surface area contributed by atoms with Gasteiger partial charge in [-0.05, 0) is 25.5 Å². The van der Waals surface area contributed by atoms with Crippen LogP contribution in [0.5, 0.6) is 0 Å². The lowest BCUT2D eigenvalue weighted by atomic mass is 10.4. The van der Waals surface area contributed by atoms with Gasteiger partial charge >= 0.3 is 0 Å². The normalized spacial score (nSPS) is 10.7. The van der Waals surface area contributed by atoms with Crippen molar-refractivity contribution in [3.05, 3.63) is 17.7 Å². The van der Waals surface area contributed by atoms with Gasteiger partial charge in [0.25, 0.3) is 0 Å². The van der Waals surface area contributed by atoms with Crippen molar-refractivity contribution in [2.75, 3.05) is 7.05 Å². The Balaban J connectivity index is 2.29. The number of aryl methyl sites for hydroxylation is 1. The molecule has 2 rings (SSSR count). The molecule has 2 aromatic rings. The number of rotatable bonds is 3. The van der Waals surface area contributed by atoms with E-state index in [2.05, 4.69) is 19.9 Å². The van der Waals surface area contributed by atoms with Gasteiger partial charge in [0.15, 0.2) is 0 Å². The average Bonchev–Trinajstić information content (AvgIpc) is 2.74. The monoisotopic (exact) mass is 210 g/mol. The highest BCUT2D eigenvalue weighted by atomic mass is 32.1. The summed E-state index contributed by atoms with van der Waals surface area (Å²) in [6, 6.07) is 0. The number of hydrogen-bond donors (Lipinski definition) is 1. The molecule has 0 aromatic carbocycles. The fourth-order valence-electron chi connectivity index (χ4n) is 1.10. The summed E-state index contributed by atoms with van der Waals surface area (Å²) in [5.41, 5.74) is 0.854. The lowest BCUT2D eigenvalue weighted by molar-refractivity contribution is 0.504. The molecule has 2 aromatic heterocycles. The molecular weight excluding hydrogens is 200 g/mol. The van der Waals surface area contributed by atoms with E-state index in [0.717, 1.165) is 16.3 Å². The Hall–Kier alpha value is -1.27. The van der Waals surface area contributed by atoms with E-state index < -0.39 is 0 Å². The van der Waals surface area contributed by atoms with Crippen molar-refractivity contribution < 1.29 is 4.42 Å². The fraction of sp³-hybridized carbons (Fsp3) is 0.375. The maximum Gasteiger partial charge on any atom is 0.240 e. The molecule has 2 heterocycles. The maximum absolute atomic E-state index is 5.51. The van der Waals surface area contributed by atoms with E-state index in [-0.39, 0.29) is 0 Å². The molecule has 0 aliphatic rings. The summed E-state index contributed by atoms with van der Waals surface area (Å²) < 4.78 is 9.34. The van der Waals surface area contributed by atoms with E-state index in [1.807, 2.05) is 14.0 Å². The Morgan fingerprint density at radius 1 is 1.57 bits per heavy atom. The Kier molecular flexibility index (Phi) is 2.55. The Bertz CT molecular complexity index is 422. The molecule has 0 saturated heterocycles. The molecule has 6 heteroatoms. The molecule has 0 atom stereocenters. The summed E-state index contributed by atoms with van der Waals surface area (Å²) >= 11 is 1.30. The molecule has 0 saturated carbocycles. The number of oxazole rings is 1. The standard InChI is InChI=1S/C8H10N4OS/c1-5-7(14-12-11-5)8-10-4-6(13-8)3-9-2/h4,9H,3H2,1-2H3. The van der Waals surface area contributed by atoms with Crippen molar-refractivity contribution in [2.24, 2.45) is 0 Å². The number of hydrogen-bond acceptors (Lipinski definition) is 6. The summed E-state index contributed by atoms with van der Waals surface area (Å²) in [6.45, 7) is 2.57. The molecule has 5 nitrogen and oxygen atoms in total. The Morgan fingerprint density at radius 3 is 3.07 bits per heavy atom. The van der Waals surface area contributed by atoms with Gasteiger partial charge in [0, 0.05) is 0 Å². The third-order valence-corrected chi connectivity index (χ3v) is 2.57. The average molecular weight is 210 g/mol. The highest BCUT2D eigenvalue weighted by Crippen LogP contribution is 2.24. The van der Waals surface area contributed by atoms with Gasteiger partial charge in [-0.25, -0.2) is 4.98 Å². The van der Waals surface area contributed by atoms with Crippen molar-refractivity contribution in [3.63, 3.8) is 0 Å². The van der Waals surface area contributed by atoms with Gasteiger partial charge in [0.2, 0.25) is 5.89 Å². The first-order chi connectivity index (χ1) is 6.81. The lowest BCUT2D eigenvalue weighted by Crippen LogP contribution is -2.03. The summed E-state index contributed by atoms with van der Waals surface area (Å²) in [6.07, 6.45) is 1.71. The molecule has 0 fully saturated rings. The van der Waals surface area contributed by atoms with Crippen molar-refractivity contribution in [3.8, 4) is 10.8 Å². The SMILES string of the molecule is CNCc1cnc(-c2snnc2C)o1. The maximum atomic E-state index is 5.51. The first kappa shape index (κ1) is 9.29. The van der Waals surface area contributed by atoms with Crippen LogP contribution in [0.2, 0.25) is 0 Å². The second-order valence-corrected chi connectivity index (χ2v) is 3.60. The van der Waals surface area contributed by atoms with Crippen LogP contribution in [-0.4, -0.2) is 21.6 Å². The Labute approximate surface area is 85.3 Å². The van der Waals surface area contributed by atoms with E-state index in [1.54, 1.807) is 6.20 Å². The predicted molar refractivity (Wildman–Crippen MR) is 52.9 cm³/mol. The zero-order chi connectivity index (χ0) is 9.97. The molecule has 0 aliphatic heterocycles. The van der Waals surface area contributed by atoms with Crippen LogP contribution in [0.15, 0.2) is 10.6 Å². The molecule has 0 amide bonds. The van der Waals surface area contributed by atoms with Crippen LogP contribution in [0.4, 0.5) is 0 Å². The highest BCUT2D eigenvalue weighted by molar-refractivity contribution is 7.09. The molecule has 0 aliphatic carbocycles. The van der Waals surface area contributed by atoms with Crippen molar-refractivity contribution in [1.82, 2.24) is 19.9 Å². The summed E-state index contributed by atoms with van der Waals surface area (Å²) in [5.74, 6) is 1.41. The topological polar surface area (TPSA) is 63.8 Å². The highest BCUT2D eigenvalue weighted by Gasteiger charge is 2.12. The van der Waals surface area contributed by atoms with Crippen LogP contribution in [-0.2, 0) is 6.54 Å². The summed E-state index contributed by atoms with van der Waals surface area (Å²) in [5, 5.41) is 6.90. The predicted octanol–water partition coefficient (Wildman–Crippen LogP) is 1.22. The summed E-state index contributed by atoms with van der Waals surface area (Å²) in [7, 11) is 1.86. The lowest BCUT2D eigenvalue weighted by Gasteiger charge is -1.91. The van der Waals surface area contributed by atoms with Crippen LogP contribution in [0, 0.1) is 6.92 Å². The molecule has 14 heavy (non-hydrogen) atoms. The van der Waals surface area contributed by atoms with Gasteiger partial charge < -0.3 is 9.73 Å². The molecule has 0 unspecified atom stereocenters. The molecule has 0 radical (unpaired) electrons. The molecule has 0 bridgehead atoms. The second kappa shape index (κ2) is 3.85. The van der Waals surface area contributed by atoms with E-state index in [4.69, 9.17) is 4.42 Å². The van der Waals surface area contributed by atoms with Crippen LogP contribution in [0.1, 0.15) is 11.5 Å². The van der Waals surface area contributed by atoms with Crippen LogP contribution < -0.4 is 5.32 Å². The van der Waals surface area contributed by atoms with Crippen LogP contribution in [0.3, 0.4) is 0 Å². The molecule has 74 valence electrons. The number of nitrogens with one attached hydrogen (secondary N) is 1. The van der Waals surface area contributed by atoms with Crippen molar-refractivity contribution in [2.45, 2.75) is 13.5 Å². The Morgan fingerprint density at radius 2 is 2.43 bits per heavy atom. The quantitative estimate of drug-likeness (QED) is 0.825. The van der Waals surface area contributed by atoms with Gasteiger partial charge in [-0.2, -0.15) is 0 Å². The minimum atomic E-state index is 0.600. The van der Waals surface area contributed by atoms with E-state index in [1.165, 1.54) is 11.5 Å². The first-order valence-electron chi connectivity index (χ1n) is 4.20. The number of nitrogens with zero attached hydrogens (tertiary/aromatic N) is 3. The summed E-state index contributed by atoms with van der Waals surface area (Å²) in [4.78, 5) is 5.06. The molecular formula is C8H10N4OS. The van der Waals surface area contributed by atoms with Crippen LogP contribution in [0.25, 0.3) is 10.8 Å². The van der Waals surface area contributed by atoms with Gasteiger partial charge in [-0.3, -0.25) is 0 Å². The number of aromatic nitrogens is 3. The van der Waals surface area contributed by atoms with Gasteiger partial charge in [-0.1, -0.05) is 4.49 Å². The third-order valence-electron chi connectivity index (χ3n) is 1.75. The largest absolute Gasteiger partial charge is 0.439 e. The minimum Gasteiger partial charge on any atom is -0.439 e. The molecule has 0 spiro atoms. The smallest absolute Gasteiger partial charge is 0.240 e. The van der Waals surface area contributed by atoms with E-state index in [0.29, 0.717) is 12.4 Å². The zero-order valence-corrected chi connectivity index (χ0v) is 8.76. The van der Waals surface area contributed by atoms with Gasteiger partial charge in [-0.15, -0.1) is 5.10 Å². The van der Waals surface area contributed by atoms with Crippen molar-refractivity contribution in [1.29, 1.82) is 0 Å². The third kappa shape index (κ3) is 1.66. The minimum absolute atomic E-state index is 0.600. The second-order valence-electron chi connectivity index (χ2n) is 2.85. The fourth-order valence-corrected chi connectivity index (χ4v) is 1.69. The first-order valence-corrected chi connectivity index (χ1v) is 4.97.